The first kappa shape index (κ1) is 43.7. The van der Waals surface area contributed by atoms with E-state index in [9.17, 15) is 9.59 Å². The maximum Gasteiger partial charge on any atom is 0.372 e. The van der Waals surface area contributed by atoms with E-state index < -0.39 is 5.79 Å². The molecule has 0 atom stereocenters. The number of ketones is 2. The zero-order valence-electron chi connectivity index (χ0n) is 32.0. The zero-order chi connectivity index (χ0) is 34.3. The van der Waals surface area contributed by atoms with Crippen molar-refractivity contribution >= 4 is 11.6 Å². The zero-order valence-corrected chi connectivity index (χ0v) is 32.0. The van der Waals surface area contributed by atoms with Gasteiger partial charge in [-0.3, -0.25) is 9.59 Å². The summed E-state index contributed by atoms with van der Waals surface area (Å²) in [4.78, 5) is 28.8. The number of rotatable bonds is 36. The second-order valence-electron chi connectivity index (χ2n) is 14.9. The van der Waals surface area contributed by atoms with Crippen LogP contribution in [0.5, 0.6) is 0 Å². The molecule has 5 heteroatoms. The van der Waals surface area contributed by atoms with Crippen molar-refractivity contribution in [1.82, 2.24) is 4.90 Å². The van der Waals surface area contributed by atoms with Gasteiger partial charge in [-0.15, -0.1) is 0 Å². The van der Waals surface area contributed by atoms with E-state index in [4.69, 9.17) is 9.47 Å². The number of ether oxygens (including phenoxy) is 2. The van der Waals surface area contributed by atoms with Crippen molar-refractivity contribution in [3.8, 4) is 0 Å². The number of likely N-dealkylation sites (N-methyl/N-ethyl adjacent to an activating group) is 1. The highest BCUT2D eigenvalue weighted by molar-refractivity contribution is 6.09. The summed E-state index contributed by atoms with van der Waals surface area (Å²) < 4.78 is 11.8. The van der Waals surface area contributed by atoms with Crippen LogP contribution in [0.4, 0.5) is 0 Å². The Hall–Kier alpha value is -1.36. The summed E-state index contributed by atoms with van der Waals surface area (Å²) in [5, 5.41) is 0. The minimum absolute atomic E-state index is 0.205. The minimum Gasteiger partial charge on any atom is -0.444 e. The molecule has 0 aromatic rings. The Morgan fingerprint density at radius 1 is 0.489 bits per heavy atom. The quantitative estimate of drug-likeness (QED) is 0.0494. The molecule has 0 N–H and O–H groups in total. The third-order valence-corrected chi connectivity index (χ3v) is 9.85. The average molecular weight is 662 g/mol. The van der Waals surface area contributed by atoms with Gasteiger partial charge in [0, 0.05) is 12.8 Å². The maximum atomic E-state index is 13.4. The molecule has 0 saturated heterocycles. The molecular weight excluding hydrogens is 582 g/mol. The van der Waals surface area contributed by atoms with E-state index in [1.54, 1.807) is 0 Å². The van der Waals surface area contributed by atoms with Gasteiger partial charge in [0.1, 0.15) is 6.26 Å². The molecule has 1 heterocycles. The fraction of sp³-hybridized carbons (Fsp3) is 0.905. The Labute approximate surface area is 292 Å². The van der Waals surface area contributed by atoms with Crippen LogP contribution in [0.3, 0.4) is 0 Å². The van der Waals surface area contributed by atoms with Crippen molar-refractivity contribution in [1.29, 1.82) is 0 Å². The molecule has 0 aromatic heterocycles. The molecule has 0 amide bonds. The van der Waals surface area contributed by atoms with Crippen LogP contribution in [0.1, 0.15) is 219 Å². The van der Waals surface area contributed by atoms with Crippen molar-refractivity contribution in [3.63, 3.8) is 0 Å². The summed E-state index contributed by atoms with van der Waals surface area (Å²) in [6, 6.07) is 0. The summed E-state index contributed by atoms with van der Waals surface area (Å²) in [7, 11) is 3.89. The van der Waals surface area contributed by atoms with Crippen LogP contribution < -0.4 is 0 Å². The molecule has 5 nitrogen and oxygen atoms in total. The van der Waals surface area contributed by atoms with Crippen molar-refractivity contribution in [2.45, 2.75) is 225 Å². The van der Waals surface area contributed by atoms with Crippen LogP contribution in [-0.2, 0) is 19.1 Å². The van der Waals surface area contributed by atoms with Gasteiger partial charge in [-0.05, 0) is 26.9 Å². The summed E-state index contributed by atoms with van der Waals surface area (Å²) in [6.07, 6.45) is 40.8. The summed E-state index contributed by atoms with van der Waals surface area (Å²) in [6.45, 7) is 5.07. The highest BCUT2D eigenvalue weighted by atomic mass is 16.7. The predicted molar refractivity (Wildman–Crippen MR) is 201 cm³/mol. The van der Waals surface area contributed by atoms with Gasteiger partial charge in [0.25, 0.3) is 0 Å². The summed E-state index contributed by atoms with van der Waals surface area (Å²) in [5.74, 6) is -1.60. The maximum absolute atomic E-state index is 13.4. The Balaban J connectivity index is 2.20. The van der Waals surface area contributed by atoms with Crippen LogP contribution in [0, 0.1) is 0 Å². The van der Waals surface area contributed by atoms with Crippen molar-refractivity contribution in [2.24, 2.45) is 0 Å². The van der Waals surface area contributed by atoms with Gasteiger partial charge in [-0.2, -0.15) is 0 Å². The van der Waals surface area contributed by atoms with E-state index in [0.29, 0.717) is 25.1 Å². The predicted octanol–water partition coefficient (Wildman–Crippen LogP) is 12.8. The van der Waals surface area contributed by atoms with Gasteiger partial charge in [-0.1, -0.05) is 194 Å². The van der Waals surface area contributed by atoms with Crippen LogP contribution in [-0.4, -0.2) is 42.9 Å². The monoisotopic (exact) mass is 662 g/mol. The minimum atomic E-state index is -1.75. The van der Waals surface area contributed by atoms with Crippen LogP contribution in [0.15, 0.2) is 12.0 Å². The molecule has 0 aromatic carbocycles. The molecule has 1 aliphatic rings. The van der Waals surface area contributed by atoms with Crippen molar-refractivity contribution in [2.75, 3.05) is 20.6 Å². The number of carbonyl (C=O) groups is 2. The van der Waals surface area contributed by atoms with Crippen LogP contribution in [0.2, 0.25) is 0 Å². The second kappa shape index (κ2) is 30.7. The van der Waals surface area contributed by atoms with Gasteiger partial charge >= 0.3 is 5.79 Å². The van der Waals surface area contributed by atoms with E-state index >= 15 is 0 Å². The summed E-state index contributed by atoms with van der Waals surface area (Å²) >= 11 is 0. The lowest BCUT2D eigenvalue weighted by Gasteiger charge is -2.26. The Morgan fingerprint density at radius 3 is 1.04 bits per heavy atom. The fourth-order valence-electron chi connectivity index (χ4n) is 6.81. The highest BCUT2D eigenvalue weighted by Crippen LogP contribution is 2.32. The Bertz CT molecular complexity index is 731. The number of hydrogen-bond donors (Lipinski definition) is 0. The number of carbonyl (C=O) groups excluding carboxylic acids is 2. The normalized spacial score (nSPS) is 13.9. The molecule has 1 rings (SSSR count). The van der Waals surface area contributed by atoms with Gasteiger partial charge in [0.05, 0.1) is 6.54 Å². The van der Waals surface area contributed by atoms with E-state index in [-0.39, 0.29) is 11.6 Å². The van der Waals surface area contributed by atoms with Gasteiger partial charge in [-0.25, -0.2) is 0 Å². The number of hydrogen-bond acceptors (Lipinski definition) is 5. The molecule has 0 aliphatic carbocycles. The Kier molecular flexibility index (Phi) is 28.5. The smallest absolute Gasteiger partial charge is 0.372 e. The van der Waals surface area contributed by atoms with Crippen molar-refractivity contribution in [3.05, 3.63) is 12.0 Å². The van der Waals surface area contributed by atoms with Gasteiger partial charge in [0.2, 0.25) is 11.6 Å². The first-order valence-corrected chi connectivity index (χ1v) is 20.7. The number of unbranched alkanes of at least 4 members (excludes halogenated alkanes) is 28. The molecule has 0 spiro atoms. The van der Waals surface area contributed by atoms with Crippen molar-refractivity contribution < 1.29 is 19.1 Å². The van der Waals surface area contributed by atoms with Crippen LogP contribution in [0.25, 0.3) is 0 Å². The van der Waals surface area contributed by atoms with Gasteiger partial charge < -0.3 is 14.4 Å². The SMILES string of the molecule is CCCCCCCCCCCCCCCCCC(=O)C1(C(=O)CCCCCCCCCCCCCCCCC)OC=C(CN(C)C)O1. The standard InChI is InChI=1S/C42H79NO4/c1-5-7-9-11-13-15-17-19-21-23-25-27-29-31-33-35-40(44)42(46-38-39(47-42)37-43(3)4)41(45)36-34-32-30-28-26-24-22-20-18-16-14-12-10-8-6-2/h38H,5-37H2,1-4H3. The molecular formula is C42H79NO4. The number of Topliss-reactive ketones (excluding diaryl/α,β-unsaturated/α-hetero) is 2. The van der Waals surface area contributed by atoms with E-state index in [0.717, 1.165) is 38.5 Å². The fourth-order valence-corrected chi connectivity index (χ4v) is 6.81. The average Bonchev–Trinajstić information content (AvgIpc) is 3.49. The van der Waals surface area contributed by atoms with Gasteiger partial charge in [0.15, 0.2) is 5.76 Å². The molecule has 0 bridgehead atoms. The molecule has 0 radical (unpaired) electrons. The van der Waals surface area contributed by atoms with E-state index in [1.807, 2.05) is 19.0 Å². The molecule has 0 saturated carbocycles. The Morgan fingerprint density at radius 2 is 0.766 bits per heavy atom. The molecule has 1 aliphatic heterocycles. The first-order valence-electron chi connectivity index (χ1n) is 20.7. The highest BCUT2D eigenvalue weighted by Gasteiger charge is 2.52. The molecule has 276 valence electrons. The molecule has 0 fully saturated rings. The number of nitrogens with zero attached hydrogens (tertiary/aromatic N) is 1. The lowest BCUT2D eigenvalue weighted by molar-refractivity contribution is -0.185. The molecule has 47 heavy (non-hydrogen) atoms. The largest absolute Gasteiger partial charge is 0.444 e. The molecule has 0 unspecified atom stereocenters. The van der Waals surface area contributed by atoms with E-state index in [2.05, 4.69) is 13.8 Å². The topological polar surface area (TPSA) is 55.8 Å². The second-order valence-corrected chi connectivity index (χ2v) is 14.9. The van der Waals surface area contributed by atoms with E-state index in [1.165, 1.54) is 160 Å². The third-order valence-electron chi connectivity index (χ3n) is 9.85. The lowest BCUT2D eigenvalue weighted by atomic mass is 9.96. The van der Waals surface area contributed by atoms with Crippen LogP contribution >= 0.6 is 0 Å². The summed E-state index contributed by atoms with van der Waals surface area (Å²) in [5.41, 5.74) is 0. The lowest BCUT2D eigenvalue weighted by Crippen LogP contribution is -2.48. The third kappa shape index (κ3) is 22.8. The first-order chi connectivity index (χ1) is 23.0.